The van der Waals surface area contributed by atoms with E-state index in [9.17, 15) is 5.11 Å². The Morgan fingerprint density at radius 1 is 1.25 bits per heavy atom. The Morgan fingerprint density at radius 3 is 2.50 bits per heavy atom. The zero-order valence-electron chi connectivity index (χ0n) is 9.59. The highest BCUT2D eigenvalue weighted by Gasteiger charge is 2.32. The number of aryl methyl sites for hydroxylation is 1. The first kappa shape index (κ1) is 11.9. The van der Waals surface area contributed by atoms with Crippen LogP contribution in [0.2, 0.25) is 0 Å². The van der Waals surface area contributed by atoms with Crippen molar-refractivity contribution in [2.24, 2.45) is 5.73 Å². The van der Waals surface area contributed by atoms with Gasteiger partial charge in [-0.05, 0) is 37.5 Å². The zero-order chi connectivity index (χ0) is 11.8. The molecule has 0 unspecified atom stereocenters. The molecule has 0 atom stereocenters. The first-order chi connectivity index (χ1) is 7.53. The van der Waals surface area contributed by atoms with Crippen LogP contribution in [0.1, 0.15) is 43.2 Å². The molecular weight excluding hydrogens is 266 g/mol. The molecule has 1 fully saturated rings. The van der Waals surface area contributed by atoms with Gasteiger partial charge in [-0.2, -0.15) is 0 Å². The molecule has 3 N–H and O–H groups in total. The van der Waals surface area contributed by atoms with Crippen molar-refractivity contribution in [1.82, 2.24) is 0 Å². The summed E-state index contributed by atoms with van der Waals surface area (Å²) in [4.78, 5) is 0. The molecule has 88 valence electrons. The minimum Gasteiger partial charge on any atom is -0.508 e. The molecule has 0 aromatic heterocycles. The second-order valence-corrected chi connectivity index (χ2v) is 5.69. The average molecular weight is 284 g/mol. The van der Waals surface area contributed by atoms with Gasteiger partial charge in [-0.25, -0.2) is 0 Å². The van der Waals surface area contributed by atoms with E-state index in [2.05, 4.69) is 15.9 Å². The number of rotatable bonds is 1. The number of halogens is 1. The molecule has 3 heteroatoms. The number of phenolic OH excluding ortho intramolecular Hbond substituents is 1. The quantitative estimate of drug-likeness (QED) is 0.828. The van der Waals surface area contributed by atoms with Gasteiger partial charge in [-0.1, -0.05) is 35.2 Å². The van der Waals surface area contributed by atoms with Crippen LogP contribution in [0.3, 0.4) is 0 Å². The van der Waals surface area contributed by atoms with E-state index in [4.69, 9.17) is 5.73 Å². The minimum atomic E-state index is -0.335. The fraction of sp³-hybridized carbons (Fsp3) is 0.538. The first-order valence-electron chi connectivity index (χ1n) is 5.81. The molecule has 0 spiro atoms. The molecule has 0 amide bonds. The van der Waals surface area contributed by atoms with Gasteiger partial charge in [0, 0.05) is 15.6 Å². The van der Waals surface area contributed by atoms with Crippen molar-refractivity contribution in [3.05, 3.63) is 27.7 Å². The monoisotopic (exact) mass is 283 g/mol. The molecule has 2 rings (SSSR count). The third-order valence-electron chi connectivity index (χ3n) is 3.56. The standard InChI is InChI=1S/C13H18BrNO/c1-9-7-12(16)10(8-11(9)14)13(15)5-3-2-4-6-13/h7-8,16H,2-6,15H2,1H3. The van der Waals surface area contributed by atoms with Crippen LogP contribution in [0.25, 0.3) is 0 Å². The Morgan fingerprint density at radius 2 is 1.88 bits per heavy atom. The lowest BCUT2D eigenvalue weighted by Gasteiger charge is -2.34. The van der Waals surface area contributed by atoms with Crippen LogP contribution in [0, 0.1) is 6.92 Å². The van der Waals surface area contributed by atoms with E-state index in [-0.39, 0.29) is 5.54 Å². The predicted molar refractivity (Wildman–Crippen MR) is 69.5 cm³/mol. The largest absolute Gasteiger partial charge is 0.508 e. The third-order valence-corrected chi connectivity index (χ3v) is 4.41. The number of benzene rings is 1. The van der Waals surface area contributed by atoms with Crippen molar-refractivity contribution in [3.63, 3.8) is 0 Å². The van der Waals surface area contributed by atoms with Gasteiger partial charge in [-0.15, -0.1) is 0 Å². The summed E-state index contributed by atoms with van der Waals surface area (Å²) in [5.41, 5.74) is 8.02. The van der Waals surface area contributed by atoms with E-state index in [0.29, 0.717) is 5.75 Å². The summed E-state index contributed by atoms with van der Waals surface area (Å²) in [7, 11) is 0. The summed E-state index contributed by atoms with van der Waals surface area (Å²) < 4.78 is 1.02. The number of hydrogen-bond donors (Lipinski definition) is 2. The summed E-state index contributed by atoms with van der Waals surface area (Å²) >= 11 is 3.50. The molecule has 0 radical (unpaired) electrons. The number of phenols is 1. The molecule has 0 heterocycles. The highest BCUT2D eigenvalue weighted by Crippen LogP contribution is 2.40. The maximum absolute atomic E-state index is 10.0. The van der Waals surface area contributed by atoms with Crippen LogP contribution in [0.5, 0.6) is 5.75 Å². The third kappa shape index (κ3) is 2.11. The van der Waals surface area contributed by atoms with Crippen LogP contribution in [-0.2, 0) is 5.54 Å². The van der Waals surface area contributed by atoms with Crippen molar-refractivity contribution >= 4 is 15.9 Å². The number of hydrogen-bond acceptors (Lipinski definition) is 2. The van der Waals surface area contributed by atoms with Gasteiger partial charge in [0.05, 0.1) is 0 Å². The van der Waals surface area contributed by atoms with E-state index in [1.54, 1.807) is 6.07 Å². The van der Waals surface area contributed by atoms with Crippen molar-refractivity contribution in [2.75, 3.05) is 0 Å². The van der Waals surface area contributed by atoms with Crippen molar-refractivity contribution in [2.45, 2.75) is 44.6 Å². The van der Waals surface area contributed by atoms with Crippen LogP contribution >= 0.6 is 15.9 Å². The maximum Gasteiger partial charge on any atom is 0.120 e. The molecule has 1 saturated carbocycles. The highest BCUT2D eigenvalue weighted by molar-refractivity contribution is 9.10. The van der Waals surface area contributed by atoms with Gasteiger partial charge in [0.2, 0.25) is 0 Å². The Balaban J connectivity index is 2.42. The Kier molecular flexibility index (Phi) is 3.27. The molecule has 1 aliphatic rings. The van der Waals surface area contributed by atoms with Crippen LogP contribution in [-0.4, -0.2) is 5.11 Å². The summed E-state index contributed by atoms with van der Waals surface area (Å²) in [5.74, 6) is 0.338. The van der Waals surface area contributed by atoms with E-state index in [0.717, 1.165) is 41.3 Å². The molecule has 0 saturated heterocycles. The average Bonchev–Trinajstić information content (AvgIpc) is 2.24. The smallest absolute Gasteiger partial charge is 0.120 e. The van der Waals surface area contributed by atoms with Gasteiger partial charge < -0.3 is 10.8 Å². The SMILES string of the molecule is Cc1cc(O)c(C2(N)CCCCC2)cc1Br. The van der Waals surface area contributed by atoms with Gasteiger partial charge >= 0.3 is 0 Å². The highest BCUT2D eigenvalue weighted by atomic mass is 79.9. The second-order valence-electron chi connectivity index (χ2n) is 4.84. The van der Waals surface area contributed by atoms with Crippen molar-refractivity contribution < 1.29 is 5.11 Å². The zero-order valence-corrected chi connectivity index (χ0v) is 11.2. The van der Waals surface area contributed by atoms with Gasteiger partial charge in [0.1, 0.15) is 5.75 Å². The minimum absolute atomic E-state index is 0.335. The summed E-state index contributed by atoms with van der Waals surface area (Å²) in [6.45, 7) is 1.97. The summed E-state index contributed by atoms with van der Waals surface area (Å²) in [5, 5.41) is 10.0. The molecule has 16 heavy (non-hydrogen) atoms. The summed E-state index contributed by atoms with van der Waals surface area (Å²) in [6.07, 6.45) is 5.50. The second kappa shape index (κ2) is 4.38. The van der Waals surface area contributed by atoms with Crippen LogP contribution in [0.15, 0.2) is 16.6 Å². The fourth-order valence-electron chi connectivity index (χ4n) is 2.52. The first-order valence-corrected chi connectivity index (χ1v) is 6.61. The van der Waals surface area contributed by atoms with Gasteiger partial charge in [0.25, 0.3) is 0 Å². The van der Waals surface area contributed by atoms with E-state index >= 15 is 0 Å². The molecule has 1 aromatic rings. The van der Waals surface area contributed by atoms with E-state index in [1.807, 2.05) is 13.0 Å². The van der Waals surface area contributed by atoms with Crippen molar-refractivity contribution in [1.29, 1.82) is 0 Å². The molecule has 0 aliphatic heterocycles. The topological polar surface area (TPSA) is 46.2 Å². The normalized spacial score (nSPS) is 19.7. The van der Waals surface area contributed by atoms with Gasteiger partial charge in [0.15, 0.2) is 0 Å². The lowest BCUT2D eigenvalue weighted by Crippen LogP contribution is -2.38. The van der Waals surface area contributed by atoms with Gasteiger partial charge in [-0.3, -0.25) is 0 Å². The van der Waals surface area contributed by atoms with E-state index < -0.39 is 0 Å². The Labute approximate surface area is 105 Å². The summed E-state index contributed by atoms with van der Waals surface area (Å²) in [6, 6.07) is 3.78. The maximum atomic E-state index is 10.0. The molecule has 0 bridgehead atoms. The van der Waals surface area contributed by atoms with Crippen LogP contribution in [0.4, 0.5) is 0 Å². The molecule has 1 aromatic carbocycles. The molecular formula is C13H18BrNO. The molecule has 2 nitrogen and oxygen atoms in total. The lowest BCUT2D eigenvalue weighted by atomic mass is 9.77. The number of nitrogens with two attached hydrogens (primary N) is 1. The molecule has 1 aliphatic carbocycles. The van der Waals surface area contributed by atoms with E-state index in [1.165, 1.54) is 6.42 Å². The Bertz CT molecular complexity index is 397. The van der Waals surface area contributed by atoms with Crippen molar-refractivity contribution in [3.8, 4) is 5.75 Å². The predicted octanol–water partition coefficient (Wildman–Crippen LogP) is 3.58. The number of aromatic hydroxyl groups is 1. The van der Waals surface area contributed by atoms with Crippen LogP contribution < -0.4 is 5.73 Å². The fourth-order valence-corrected chi connectivity index (χ4v) is 2.86. The lowest BCUT2D eigenvalue weighted by molar-refractivity contribution is 0.292. The Hall–Kier alpha value is -0.540.